The molecule has 1 amide bonds. The number of aromatic hydroxyl groups is 1. The molecule has 0 heterocycles. The van der Waals surface area contributed by atoms with E-state index < -0.39 is 0 Å². The van der Waals surface area contributed by atoms with Gasteiger partial charge in [0.2, 0.25) is 0 Å². The van der Waals surface area contributed by atoms with Gasteiger partial charge in [0.15, 0.2) is 0 Å². The van der Waals surface area contributed by atoms with Crippen molar-refractivity contribution >= 4 is 29.3 Å². The van der Waals surface area contributed by atoms with Crippen molar-refractivity contribution in [1.82, 2.24) is 5.32 Å². The fourth-order valence-corrected chi connectivity index (χ4v) is 2.78. The maximum atomic E-state index is 12.8. The fourth-order valence-electron chi connectivity index (χ4n) is 1.75. The third-order valence-corrected chi connectivity index (χ3v) is 4.30. The first-order valence-electron chi connectivity index (χ1n) is 6.71. The van der Waals surface area contributed by atoms with Gasteiger partial charge in [-0.3, -0.25) is 4.79 Å². The van der Waals surface area contributed by atoms with Crippen LogP contribution in [0.25, 0.3) is 0 Å². The van der Waals surface area contributed by atoms with E-state index in [0.29, 0.717) is 12.1 Å². The van der Waals surface area contributed by atoms with Gasteiger partial charge in [-0.25, -0.2) is 4.39 Å². The average Bonchev–Trinajstić information content (AvgIpc) is 2.51. The smallest absolute Gasteiger partial charge is 0.251 e. The lowest BCUT2D eigenvalue weighted by atomic mass is 10.2. The lowest BCUT2D eigenvalue weighted by Gasteiger charge is -2.06. The number of nitrogens with one attached hydrogen (secondary N) is 1. The van der Waals surface area contributed by atoms with Gasteiger partial charge in [-0.2, -0.15) is 0 Å². The molecule has 0 unspecified atom stereocenters. The summed E-state index contributed by atoms with van der Waals surface area (Å²) in [6, 6.07) is 10.7. The highest BCUT2D eigenvalue weighted by Gasteiger charge is 2.07. The Morgan fingerprint density at radius 1 is 1.23 bits per heavy atom. The van der Waals surface area contributed by atoms with Crippen molar-refractivity contribution in [3.8, 4) is 5.75 Å². The van der Waals surface area contributed by atoms with E-state index in [1.54, 1.807) is 23.9 Å². The molecular formula is C16H15ClFNO2S. The molecule has 0 saturated carbocycles. The Balaban J connectivity index is 1.70. The van der Waals surface area contributed by atoms with E-state index in [1.165, 1.54) is 30.3 Å². The molecular weight excluding hydrogens is 325 g/mol. The summed E-state index contributed by atoms with van der Waals surface area (Å²) >= 11 is 7.37. The summed E-state index contributed by atoms with van der Waals surface area (Å²) in [5.41, 5.74) is 0.411. The molecule has 22 heavy (non-hydrogen) atoms. The number of halogens is 2. The summed E-state index contributed by atoms with van der Waals surface area (Å²) in [5, 5.41) is 12.2. The van der Waals surface area contributed by atoms with Gasteiger partial charge < -0.3 is 10.4 Å². The number of phenolic OH excluding ortho intramolecular Hbond substituents is 1. The zero-order valence-electron chi connectivity index (χ0n) is 11.7. The molecule has 2 rings (SSSR count). The van der Waals surface area contributed by atoms with Crippen LogP contribution in [0.3, 0.4) is 0 Å². The van der Waals surface area contributed by atoms with Crippen LogP contribution in [-0.4, -0.2) is 23.3 Å². The second-order valence-corrected chi connectivity index (χ2v) is 6.15. The zero-order chi connectivity index (χ0) is 15.9. The molecule has 2 aromatic carbocycles. The van der Waals surface area contributed by atoms with Gasteiger partial charge in [-0.1, -0.05) is 11.6 Å². The highest BCUT2D eigenvalue weighted by molar-refractivity contribution is 7.99. The quantitative estimate of drug-likeness (QED) is 0.615. The molecule has 0 aliphatic heterocycles. The Hall–Kier alpha value is -1.72. The van der Waals surface area contributed by atoms with Crippen LogP contribution in [0.4, 0.5) is 4.39 Å². The van der Waals surface area contributed by atoms with E-state index in [1.807, 2.05) is 0 Å². The summed E-state index contributed by atoms with van der Waals surface area (Å²) in [7, 11) is 0. The van der Waals surface area contributed by atoms with Gasteiger partial charge in [0, 0.05) is 17.0 Å². The van der Waals surface area contributed by atoms with Crippen molar-refractivity contribution in [2.24, 2.45) is 0 Å². The summed E-state index contributed by atoms with van der Waals surface area (Å²) < 4.78 is 12.8. The van der Waals surface area contributed by atoms with Crippen molar-refractivity contribution in [1.29, 1.82) is 0 Å². The van der Waals surface area contributed by atoms with Crippen LogP contribution < -0.4 is 5.32 Å². The van der Waals surface area contributed by atoms with E-state index in [4.69, 9.17) is 11.6 Å². The van der Waals surface area contributed by atoms with Gasteiger partial charge in [-0.15, -0.1) is 11.8 Å². The molecule has 0 aliphatic carbocycles. The first kappa shape index (κ1) is 16.6. The molecule has 0 bridgehead atoms. The van der Waals surface area contributed by atoms with E-state index >= 15 is 0 Å². The molecule has 0 aromatic heterocycles. The molecule has 2 aromatic rings. The number of benzene rings is 2. The lowest BCUT2D eigenvalue weighted by molar-refractivity contribution is 0.0954. The van der Waals surface area contributed by atoms with Crippen LogP contribution in [0.1, 0.15) is 16.8 Å². The van der Waals surface area contributed by atoms with Crippen molar-refractivity contribution < 1.29 is 14.3 Å². The number of phenols is 1. The lowest BCUT2D eigenvalue weighted by Crippen LogP contribution is -2.24. The monoisotopic (exact) mass is 339 g/mol. The predicted molar refractivity (Wildman–Crippen MR) is 87.2 cm³/mol. The predicted octanol–water partition coefficient (Wildman–Crippen LogP) is 4.10. The van der Waals surface area contributed by atoms with Crippen LogP contribution >= 0.6 is 23.4 Å². The number of hydrogen-bond donors (Lipinski definition) is 2. The molecule has 0 saturated heterocycles. The number of carbonyl (C=O) groups is 1. The highest BCUT2D eigenvalue weighted by Crippen LogP contribution is 2.23. The van der Waals surface area contributed by atoms with Crippen molar-refractivity contribution in [3.05, 3.63) is 58.9 Å². The molecule has 0 radical (unpaired) electrons. The van der Waals surface area contributed by atoms with Gasteiger partial charge in [0.1, 0.15) is 11.6 Å². The van der Waals surface area contributed by atoms with Crippen molar-refractivity contribution in [2.75, 3.05) is 12.3 Å². The minimum absolute atomic E-state index is 0.0473. The topological polar surface area (TPSA) is 49.3 Å². The zero-order valence-corrected chi connectivity index (χ0v) is 13.3. The van der Waals surface area contributed by atoms with Crippen molar-refractivity contribution in [3.63, 3.8) is 0 Å². The molecule has 0 atom stereocenters. The van der Waals surface area contributed by atoms with E-state index in [0.717, 1.165) is 17.1 Å². The molecule has 2 N–H and O–H groups in total. The Labute approximate surface area is 137 Å². The first-order valence-corrected chi connectivity index (χ1v) is 8.08. The molecule has 116 valence electrons. The van der Waals surface area contributed by atoms with Crippen LogP contribution in [0, 0.1) is 5.82 Å². The average molecular weight is 340 g/mol. The second kappa shape index (κ2) is 8.06. The summed E-state index contributed by atoms with van der Waals surface area (Å²) in [6.07, 6.45) is 0.791. The molecule has 3 nitrogen and oxygen atoms in total. The maximum Gasteiger partial charge on any atom is 0.251 e. The van der Waals surface area contributed by atoms with Crippen LogP contribution in [-0.2, 0) is 0 Å². The minimum Gasteiger partial charge on any atom is -0.506 e. The summed E-state index contributed by atoms with van der Waals surface area (Å²) in [5.74, 6) is 0.300. The first-order chi connectivity index (χ1) is 10.6. The second-order valence-electron chi connectivity index (χ2n) is 4.58. The Morgan fingerprint density at radius 2 is 1.95 bits per heavy atom. The minimum atomic E-state index is -0.246. The molecule has 0 fully saturated rings. The van der Waals surface area contributed by atoms with E-state index in [9.17, 15) is 14.3 Å². The van der Waals surface area contributed by atoms with Crippen molar-refractivity contribution in [2.45, 2.75) is 11.3 Å². The van der Waals surface area contributed by atoms with Gasteiger partial charge in [0.05, 0.1) is 5.02 Å². The summed E-state index contributed by atoms with van der Waals surface area (Å²) in [6.45, 7) is 0.533. The number of hydrogen-bond acceptors (Lipinski definition) is 3. The SMILES string of the molecule is O=C(NCCCSc1ccc(F)cc1)c1ccc(O)c(Cl)c1. The van der Waals surface area contributed by atoms with Crippen LogP contribution in [0.15, 0.2) is 47.4 Å². The normalized spacial score (nSPS) is 10.5. The van der Waals surface area contributed by atoms with Crippen LogP contribution in [0.5, 0.6) is 5.75 Å². The molecule has 6 heteroatoms. The summed E-state index contributed by atoms with van der Waals surface area (Å²) in [4.78, 5) is 12.9. The number of carbonyl (C=O) groups excluding carboxylic acids is 1. The Kier molecular flexibility index (Phi) is 6.10. The third kappa shape index (κ3) is 4.93. The number of amides is 1. The van der Waals surface area contributed by atoms with Gasteiger partial charge in [0.25, 0.3) is 5.91 Å². The molecule has 0 spiro atoms. The fraction of sp³-hybridized carbons (Fsp3) is 0.188. The van der Waals surface area contributed by atoms with Gasteiger partial charge >= 0.3 is 0 Å². The Bertz CT molecular complexity index is 649. The largest absolute Gasteiger partial charge is 0.506 e. The number of thioether (sulfide) groups is 1. The maximum absolute atomic E-state index is 12.8. The molecule has 0 aliphatic rings. The van der Waals surface area contributed by atoms with Crippen LogP contribution in [0.2, 0.25) is 5.02 Å². The van der Waals surface area contributed by atoms with E-state index in [2.05, 4.69) is 5.32 Å². The standard InChI is InChI=1S/C16H15ClFNO2S/c17-14-10-11(2-7-15(14)20)16(21)19-8-1-9-22-13-5-3-12(18)4-6-13/h2-7,10,20H,1,8-9H2,(H,19,21). The van der Waals surface area contributed by atoms with E-state index in [-0.39, 0.29) is 22.5 Å². The van der Waals surface area contributed by atoms with Gasteiger partial charge in [-0.05, 0) is 54.6 Å². The third-order valence-electron chi connectivity index (χ3n) is 2.90. The highest BCUT2D eigenvalue weighted by atomic mass is 35.5. The number of rotatable bonds is 6. The Morgan fingerprint density at radius 3 is 2.64 bits per heavy atom.